The molecule has 0 spiro atoms. The number of aryl methyl sites for hydroxylation is 2. The van der Waals surface area contributed by atoms with Crippen LogP contribution in [0.15, 0.2) is 42.5 Å². The number of nitrogens with one attached hydrogen (secondary N) is 1. The molecule has 0 saturated heterocycles. The maximum absolute atomic E-state index is 12.9. The number of hydrogen-bond acceptors (Lipinski definition) is 1. The first-order valence-electron chi connectivity index (χ1n) is 9.53. The second kappa shape index (κ2) is 7.50. The van der Waals surface area contributed by atoms with E-state index in [1.807, 2.05) is 0 Å². The molecule has 1 heterocycles. The first-order valence-corrected chi connectivity index (χ1v) is 9.53. The third-order valence-corrected chi connectivity index (χ3v) is 5.29. The zero-order valence-corrected chi connectivity index (χ0v) is 15.2. The van der Waals surface area contributed by atoms with Gasteiger partial charge in [0.25, 0.3) is 0 Å². The van der Waals surface area contributed by atoms with Crippen LogP contribution in [0.1, 0.15) is 42.1 Å². The summed E-state index contributed by atoms with van der Waals surface area (Å²) in [6.45, 7) is 3.85. The smallest absolute Gasteiger partial charge is 0.127 e. The van der Waals surface area contributed by atoms with Gasteiger partial charge in [-0.1, -0.05) is 11.6 Å². The summed E-state index contributed by atoms with van der Waals surface area (Å²) in [5.74, 6) is 0.504. The van der Waals surface area contributed by atoms with Crippen molar-refractivity contribution in [3.05, 3.63) is 65.1 Å². The molecule has 26 heavy (non-hydrogen) atoms. The lowest BCUT2D eigenvalue weighted by atomic mass is 9.91. The second-order valence-electron chi connectivity index (χ2n) is 7.25. The van der Waals surface area contributed by atoms with E-state index < -0.39 is 0 Å². The Morgan fingerprint density at radius 2 is 2.04 bits per heavy atom. The largest absolute Gasteiger partial charge is 0.493 e. The average molecular weight is 353 g/mol. The molecular weight excluding hydrogens is 327 g/mol. The molecule has 0 radical (unpaired) electrons. The zero-order chi connectivity index (χ0) is 17.9. The number of ether oxygens (including phenoxy) is 1. The van der Waals surface area contributed by atoms with Crippen LogP contribution in [0.25, 0.3) is 10.9 Å². The molecule has 0 amide bonds. The first kappa shape index (κ1) is 17.1. The predicted molar refractivity (Wildman–Crippen MR) is 102 cm³/mol. The Morgan fingerprint density at radius 3 is 2.88 bits per heavy atom. The summed E-state index contributed by atoms with van der Waals surface area (Å²) in [7, 11) is 0. The topological polar surface area (TPSA) is 41.6 Å². The average Bonchev–Trinajstić information content (AvgIpc) is 3.02. The number of H-pyrrole nitrogens is 1. The van der Waals surface area contributed by atoms with Gasteiger partial charge in [-0.2, -0.15) is 0 Å². The van der Waals surface area contributed by atoms with Crippen molar-refractivity contribution >= 4 is 10.9 Å². The van der Waals surface area contributed by atoms with Crippen LogP contribution in [-0.2, 0) is 6.42 Å². The number of halogens is 1. The van der Waals surface area contributed by atoms with Gasteiger partial charge in [-0.05, 0) is 61.7 Å². The van der Waals surface area contributed by atoms with Crippen molar-refractivity contribution in [1.29, 1.82) is 0 Å². The highest BCUT2D eigenvalue weighted by atomic mass is 19.1. The van der Waals surface area contributed by atoms with Gasteiger partial charge in [0.1, 0.15) is 17.6 Å². The molecule has 3 nitrogen and oxygen atoms in total. The summed E-state index contributed by atoms with van der Waals surface area (Å²) in [5, 5.41) is 3.84. The van der Waals surface area contributed by atoms with Crippen molar-refractivity contribution in [2.45, 2.75) is 38.6 Å². The van der Waals surface area contributed by atoms with Gasteiger partial charge >= 0.3 is 0 Å². The van der Waals surface area contributed by atoms with Gasteiger partial charge in [-0.15, -0.1) is 0 Å². The van der Waals surface area contributed by atoms with Crippen LogP contribution in [0.3, 0.4) is 0 Å². The molecule has 1 aliphatic carbocycles. The maximum atomic E-state index is 12.9. The molecular formula is C22H26FN2O+. The van der Waals surface area contributed by atoms with Crippen LogP contribution in [0.4, 0.5) is 4.39 Å². The summed E-state index contributed by atoms with van der Waals surface area (Å²) >= 11 is 0. The van der Waals surface area contributed by atoms with Crippen molar-refractivity contribution in [1.82, 2.24) is 4.98 Å². The minimum absolute atomic E-state index is 0.229. The van der Waals surface area contributed by atoms with Gasteiger partial charge in [-0.25, -0.2) is 4.39 Å². The minimum Gasteiger partial charge on any atom is -0.493 e. The molecule has 0 saturated carbocycles. The summed E-state index contributed by atoms with van der Waals surface area (Å²) < 4.78 is 18.6. The van der Waals surface area contributed by atoms with Crippen LogP contribution in [0.2, 0.25) is 0 Å². The molecule has 4 heteroatoms. The van der Waals surface area contributed by atoms with Crippen LogP contribution >= 0.6 is 0 Å². The SMILES string of the molecule is Cc1ccc2[nH]c3c(c2c1)CCC[C@H]3[NH2+]CCCOc1ccc(F)cc1. The van der Waals surface area contributed by atoms with Gasteiger partial charge in [0, 0.05) is 23.7 Å². The molecule has 136 valence electrons. The number of aromatic amines is 1. The van der Waals surface area contributed by atoms with Gasteiger partial charge in [0.15, 0.2) is 0 Å². The predicted octanol–water partition coefficient (Wildman–Crippen LogP) is 4.03. The number of rotatable bonds is 6. The highest BCUT2D eigenvalue weighted by molar-refractivity contribution is 5.85. The number of hydrogen-bond donors (Lipinski definition) is 2. The number of nitrogens with two attached hydrogens (primary N) is 1. The van der Waals surface area contributed by atoms with E-state index in [-0.39, 0.29) is 5.82 Å². The van der Waals surface area contributed by atoms with E-state index in [9.17, 15) is 4.39 Å². The molecule has 0 unspecified atom stereocenters. The third kappa shape index (κ3) is 3.61. The summed E-state index contributed by atoms with van der Waals surface area (Å²) in [6, 6.07) is 13.4. The van der Waals surface area contributed by atoms with E-state index >= 15 is 0 Å². The van der Waals surface area contributed by atoms with Crippen molar-refractivity contribution < 1.29 is 14.4 Å². The Morgan fingerprint density at radius 1 is 1.19 bits per heavy atom. The molecule has 3 N–H and O–H groups in total. The van der Waals surface area contributed by atoms with Crippen LogP contribution in [-0.4, -0.2) is 18.1 Å². The van der Waals surface area contributed by atoms with Crippen LogP contribution in [0.5, 0.6) is 5.75 Å². The van der Waals surface area contributed by atoms with E-state index in [1.54, 1.807) is 12.1 Å². The van der Waals surface area contributed by atoms with Crippen LogP contribution < -0.4 is 10.1 Å². The third-order valence-electron chi connectivity index (χ3n) is 5.29. The Hall–Kier alpha value is -2.33. The van der Waals surface area contributed by atoms with E-state index in [1.165, 1.54) is 59.1 Å². The van der Waals surface area contributed by atoms with Gasteiger partial charge in [0.05, 0.1) is 18.8 Å². The molecule has 2 aromatic carbocycles. The molecule has 0 fully saturated rings. The van der Waals surface area contributed by atoms with Gasteiger partial charge < -0.3 is 15.0 Å². The lowest BCUT2D eigenvalue weighted by Crippen LogP contribution is -2.85. The molecule has 4 rings (SSSR count). The lowest BCUT2D eigenvalue weighted by Gasteiger charge is -2.21. The number of benzene rings is 2. The molecule has 0 aliphatic heterocycles. The molecule has 1 aliphatic rings. The monoisotopic (exact) mass is 353 g/mol. The summed E-state index contributed by atoms with van der Waals surface area (Å²) in [4.78, 5) is 3.67. The second-order valence-corrected chi connectivity index (χ2v) is 7.25. The van der Waals surface area contributed by atoms with E-state index in [2.05, 4.69) is 35.4 Å². The van der Waals surface area contributed by atoms with Crippen molar-refractivity contribution in [3.63, 3.8) is 0 Å². The quantitative estimate of drug-likeness (QED) is 0.646. The summed E-state index contributed by atoms with van der Waals surface area (Å²) in [5.41, 5.74) is 5.51. The van der Waals surface area contributed by atoms with Crippen LogP contribution in [0, 0.1) is 12.7 Å². The van der Waals surface area contributed by atoms with Gasteiger partial charge in [-0.3, -0.25) is 0 Å². The summed E-state index contributed by atoms with van der Waals surface area (Å²) in [6.07, 6.45) is 4.62. The number of aromatic nitrogens is 1. The highest BCUT2D eigenvalue weighted by Gasteiger charge is 2.26. The normalized spacial score (nSPS) is 16.6. The fraction of sp³-hybridized carbons (Fsp3) is 0.364. The minimum atomic E-state index is -0.229. The van der Waals surface area contributed by atoms with E-state index in [0.29, 0.717) is 12.6 Å². The Kier molecular flexibility index (Phi) is 4.93. The maximum Gasteiger partial charge on any atom is 0.127 e. The zero-order valence-electron chi connectivity index (χ0n) is 15.2. The number of fused-ring (bicyclic) bond motifs is 3. The fourth-order valence-electron chi connectivity index (χ4n) is 3.97. The number of quaternary nitrogens is 1. The first-order chi connectivity index (χ1) is 12.7. The highest BCUT2D eigenvalue weighted by Crippen LogP contribution is 2.33. The molecule has 0 bridgehead atoms. The van der Waals surface area contributed by atoms with E-state index in [4.69, 9.17) is 4.74 Å². The van der Waals surface area contributed by atoms with Crippen molar-refractivity contribution in [2.75, 3.05) is 13.2 Å². The van der Waals surface area contributed by atoms with E-state index in [0.717, 1.165) is 18.7 Å². The Bertz CT molecular complexity index is 885. The van der Waals surface area contributed by atoms with Crippen molar-refractivity contribution in [2.24, 2.45) is 0 Å². The fourth-order valence-corrected chi connectivity index (χ4v) is 3.97. The molecule has 1 aromatic heterocycles. The standard InChI is InChI=1S/C22H25FN2O/c1-15-6-11-20-19(14-15)18-4-2-5-21(22(18)25-20)24-12-3-13-26-17-9-7-16(23)8-10-17/h6-11,14,21,24-25H,2-5,12-13H2,1H3/p+1/t21-/m1/s1. The Balaban J connectivity index is 1.33. The lowest BCUT2D eigenvalue weighted by molar-refractivity contribution is -0.698. The molecule has 1 atom stereocenters. The van der Waals surface area contributed by atoms with Gasteiger partial charge in [0.2, 0.25) is 0 Å². The Labute approximate surface area is 153 Å². The molecule has 3 aromatic rings. The van der Waals surface area contributed by atoms with Crippen molar-refractivity contribution in [3.8, 4) is 5.75 Å².